The Morgan fingerprint density at radius 1 is 1.00 bits per heavy atom. The summed E-state index contributed by atoms with van der Waals surface area (Å²) in [5.41, 5.74) is 6.90. The van der Waals surface area contributed by atoms with Crippen molar-refractivity contribution in [3.63, 3.8) is 0 Å². The highest BCUT2D eigenvalue weighted by Gasteiger charge is 2.22. The Kier molecular flexibility index (Phi) is 7.15. The van der Waals surface area contributed by atoms with Crippen molar-refractivity contribution in [3.8, 4) is 0 Å². The second kappa shape index (κ2) is 9.99. The third-order valence-electron chi connectivity index (χ3n) is 5.01. The van der Waals surface area contributed by atoms with Crippen LogP contribution in [0.4, 0.5) is 5.69 Å². The van der Waals surface area contributed by atoms with E-state index >= 15 is 0 Å². The van der Waals surface area contributed by atoms with Gasteiger partial charge >= 0.3 is 11.8 Å². The van der Waals surface area contributed by atoms with E-state index in [2.05, 4.69) is 15.8 Å². The van der Waals surface area contributed by atoms with E-state index in [1.807, 2.05) is 32.9 Å². The van der Waals surface area contributed by atoms with Crippen molar-refractivity contribution in [2.45, 2.75) is 20.8 Å². The molecule has 2 N–H and O–H groups in total. The minimum absolute atomic E-state index is 0.219. The van der Waals surface area contributed by atoms with E-state index in [0.717, 1.165) is 22.3 Å². The number of hydrazone groups is 1. The maximum Gasteiger partial charge on any atom is 0.329 e. The number of rotatable bonds is 4. The Bertz CT molecular complexity index is 1000. The molecule has 162 valence electrons. The summed E-state index contributed by atoms with van der Waals surface area (Å²) < 4.78 is 5.27. The lowest BCUT2D eigenvalue weighted by molar-refractivity contribution is -0.136. The van der Waals surface area contributed by atoms with Gasteiger partial charge in [-0.05, 0) is 44.0 Å². The van der Waals surface area contributed by atoms with E-state index in [4.69, 9.17) is 4.74 Å². The molecule has 2 aromatic carbocycles. The average molecular weight is 422 g/mol. The molecule has 0 spiro atoms. The highest BCUT2D eigenvalue weighted by atomic mass is 16.5. The summed E-state index contributed by atoms with van der Waals surface area (Å²) in [6.07, 6.45) is 1.52. The van der Waals surface area contributed by atoms with Crippen LogP contribution in [0.5, 0.6) is 0 Å². The lowest BCUT2D eigenvalue weighted by Crippen LogP contribution is -2.41. The first kappa shape index (κ1) is 22.2. The summed E-state index contributed by atoms with van der Waals surface area (Å²) in [6.45, 7) is 7.83. The first-order valence-electron chi connectivity index (χ1n) is 10.0. The minimum Gasteiger partial charge on any atom is -0.378 e. The van der Waals surface area contributed by atoms with Crippen molar-refractivity contribution in [3.05, 3.63) is 64.2 Å². The molecular weight excluding hydrogens is 396 g/mol. The average Bonchev–Trinajstić information content (AvgIpc) is 2.75. The molecule has 0 unspecified atom stereocenters. The fourth-order valence-corrected chi connectivity index (χ4v) is 3.50. The van der Waals surface area contributed by atoms with Crippen LogP contribution < -0.4 is 10.7 Å². The standard InChI is InChI=1S/C23H26N4O4/c1-15-12-16(2)19(17(3)13-15)14-24-26-22(29)21(28)25-20-7-5-4-6-18(20)23(30)27-8-10-31-11-9-27/h4-7,12-14H,8-11H2,1-3H3,(H,25,28)(H,26,29). The van der Waals surface area contributed by atoms with Gasteiger partial charge in [-0.2, -0.15) is 5.10 Å². The van der Waals surface area contributed by atoms with E-state index in [1.54, 1.807) is 29.2 Å². The zero-order chi connectivity index (χ0) is 22.4. The number of hydrogen-bond donors (Lipinski definition) is 2. The molecule has 3 amide bonds. The summed E-state index contributed by atoms with van der Waals surface area (Å²) in [6, 6.07) is 10.6. The number of nitrogens with one attached hydrogen (secondary N) is 2. The Balaban J connectivity index is 1.65. The number of benzene rings is 2. The van der Waals surface area contributed by atoms with Crippen molar-refractivity contribution < 1.29 is 19.1 Å². The molecule has 1 fully saturated rings. The van der Waals surface area contributed by atoms with Gasteiger partial charge in [0.1, 0.15) is 0 Å². The van der Waals surface area contributed by atoms with Crippen LogP contribution in [0.3, 0.4) is 0 Å². The molecule has 31 heavy (non-hydrogen) atoms. The van der Waals surface area contributed by atoms with Gasteiger partial charge in [-0.3, -0.25) is 14.4 Å². The van der Waals surface area contributed by atoms with Crippen LogP contribution in [-0.4, -0.2) is 55.1 Å². The molecule has 0 atom stereocenters. The summed E-state index contributed by atoms with van der Waals surface area (Å²) in [5.74, 6) is -2.05. The summed E-state index contributed by atoms with van der Waals surface area (Å²) in [4.78, 5) is 39.0. The molecule has 8 nitrogen and oxygen atoms in total. The number of nitrogens with zero attached hydrogens (tertiary/aromatic N) is 2. The predicted molar refractivity (Wildman–Crippen MR) is 118 cm³/mol. The van der Waals surface area contributed by atoms with Gasteiger partial charge in [0.2, 0.25) is 0 Å². The van der Waals surface area contributed by atoms with Crippen LogP contribution in [0.15, 0.2) is 41.5 Å². The third-order valence-corrected chi connectivity index (χ3v) is 5.01. The van der Waals surface area contributed by atoms with Gasteiger partial charge in [-0.1, -0.05) is 29.8 Å². The van der Waals surface area contributed by atoms with Crippen LogP contribution in [-0.2, 0) is 14.3 Å². The Morgan fingerprint density at radius 3 is 2.32 bits per heavy atom. The van der Waals surface area contributed by atoms with Crippen molar-refractivity contribution in [2.75, 3.05) is 31.6 Å². The van der Waals surface area contributed by atoms with E-state index in [1.165, 1.54) is 6.21 Å². The van der Waals surface area contributed by atoms with Gasteiger partial charge < -0.3 is 15.0 Å². The number of ether oxygens (including phenoxy) is 1. The maximum absolute atomic E-state index is 12.8. The zero-order valence-corrected chi connectivity index (χ0v) is 17.9. The number of carbonyl (C=O) groups is 3. The molecule has 0 bridgehead atoms. The van der Waals surface area contributed by atoms with Crippen molar-refractivity contribution >= 4 is 29.6 Å². The molecule has 1 saturated heterocycles. The smallest absolute Gasteiger partial charge is 0.329 e. The fourth-order valence-electron chi connectivity index (χ4n) is 3.50. The number of morpholine rings is 1. The Hall–Kier alpha value is -3.52. The largest absolute Gasteiger partial charge is 0.378 e. The topological polar surface area (TPSA) is 100 Å². The normalized spacial score (nSPS) is 13.8. The van der Waals surface area contributed by atoms with Crippen molar-refractivity contribution in [1.29, 1.82) is 0 Å². The predicted octanol–water partition coefficient (Wildman–Crippen LogP) is 2.17. The molecule has 3 rings (SSSR count). The van der Waals surface area contributed by atoms with E-state index in [0.29, 0.717) is 31.9 Å². The van der Waals surface area contributed by atoms with Crippen LogP contribution in [0.1, 0.15) is 32.6 Å². The van der Waals surface area contributed by atoms with Gasteiger partial charge in [-0.25, -0.2) is 5.43 Å². The number of anilines is 1. The second-order valence-corrected chi connectivity index (χ2v) is 7.42. The molecule has 1 aliphatic heterocycles. The molecule has 0 radical (unpaired) electrons. The Morgan fingerprint density at radius 2 is 1.65 bits per heavy atom. The molecule has 0 aromatic heterocycles. The van der Waals surface area contributed by atoms with Gasteiger partial charge in [0, 0.05) is 18.7 Å². The van der Waals surface area contributed by atoms with Gasteiger partial charge in [0.15, 0.2) is 0 Å². The van der Waals surface area contributed by atoms with Crippen molar-refractivity contribution in [2.24, 2.45) is 5.10 Å². The summed E-state index contributed by atoms with van der Waals surface area (Å²) in [5, 5.41) is 6.42. The number of para-hydroxylation sites is 1. The Labute approximate surface area is 181 Å². The van der Waals surface area contributed by atoms with E-state index in [-0.39, 0.29) is 11.6 Å². The summed E-state index contributed by atoms with van der Waals surface area (Å²) >= 11 is 0. The van der Waals surface area contributed by atoms with Gasteiger partial charge in [0.25, 0.3) is 5.91 Å². The highest BCUT2D eigenvalue weighted by Crippen LogP contribution is 2.18. The van der Waals surface area contributed by atoms with Gasteiger partial charge in [-0.15, -0.1) is 0 Å². The van der Waals surface area contributed by atoms with Crippen LogP contribution in [0.25, 0.3) is 0 Å². The second-order valence-electron chi connectivity index (χ2n) is 7.42. The highest BCUT2D eigenvalue weighted by molar-refractivity contribution is 6.40. The number of carbonyl (C=O) groups excluding carboxylic acids is 3. The number of hydrogen-bond acceptors (Lipinski definition) is 5. The number of aryl methyl sites for hydroxylation is 3. The van der Waals surface area contributed by atoms with Gasteiger partial charge in [0.05, 0.1) is 30.7 Å². The molecular formula is C23H26N4O4. The monoisotopic (exact) mass is 422 g/mol. The minimum atomic E-state index is -0.924. The maximum atomic E-state index is 12.8. The van der Waals surface area contributed by atoms with Crippen molar-refractivity contribution in [1.82, 2.24) is 10.3 Å². The van der Waals surface area contributed by atoms with Crippen LogP contribution >= 0.6 is 0 Å². The number of amides is 3. The first-order chi connectivity index (χ1) is 14.9. The third kappa shape index (κ3) is 5.55. The summed E-state index contributed by atoms with van der Waals surface area (Å²) in [7, 11) is 0. The fraction of sp³-hybridized carbons (Fsp3) is 0.304. The molecule has 1 heterocycles. The zero-order valence-electron chi connectivity index (χ0n) is 17.9. The molecule has 0 saturated carbocycles. The lowest BCUT2D eigenvalue weighted by atomic mass is 10.0. The molecule has 0 aliphatic carbocycles. The SMILES string of the molecule is Cc1cc(C)c(C=NNC(=O)C(=O)Nc2ccccc2C(=O)N2CCOCC2)c(C)c1. The quantitative estimate of drug-likeness (QED) is 0.448. The molecule has 8 heteroatoms. The lowest BCUT2D eigenvalue weighted by Gasteiger charge is -2.27. The first-order valence-corrected chi connectivity index (χ1v) is 10.0. The molecule has 2 aromatic rings. The van der Waals surface area contributed by atoms with Crippen LogP contribution in [0.2, 0.25) is 0 Å². The van der Waals surface area contributed by atoms with Crippen LogP contribution in [0, 0.1) is 20.8 Å². The molecule has 1 aliphatic rings. The van der Waals surface area contributed by atoms with E-state index in [9.17, 15) is 14.4 Å². The van der Waals surface area contributed by atoms with E-state index < -0.39 is 11.8 Å².